The number of benzene rings is 1. The van der Waals surface area contributed by atoms with Crippen LogP contribution in [-0.2, 0) is 4.79 Å². The largest absolute Gasteiger partial charge is 0.335 e. The summed E-state index contributed by atoms with van der Waals surface area (Å²) in [6.07, 6.45) is 1.43. The fourth-order valence-electron chi connectivity index (χ4n) is 3.56. The van der Waals surface area contributed by atoms with Crippen LogP contribution in [0.4, 0.5) is 4.79 Å². The Morgan fingerprint density at radius 2 is 1.80 bits per heavy atom. The first kappa shape index (κ1) is 13.2. The van der Waals surface area contributed by atoms with Crippen LogP contribution in [0.15, 0.2) is 30.3 Å². The zero-order chi connectivity index (χ0) is 14.3. The lowest BCUT2D eigenvalue weighted by atomic mass is 9.66. The number of urea groups is 1. The first-order chi connectivity index (χ1) is 9.46. The molecule has 2 amide bonds. The molecule has 1 aliphatic heterocycles. The van der Waals surface area contributed by atoms with Gasteiger partial charge in [0.1, 0.15) is 5.78 Å². The maximum Gasteiger partial charge on any atom is 0.315 e. The number of nitrogens with one attached hydrogen (secondary N) is 2. The van der Waals surface area contributed by atoms with Gasteiger partial charge < -0.3 is 10.6 Å². The number of carbonyl (C=O) groups excluding carboxylic acids is 2. The molecule has 0 radical (unpaired) electrons. The molecular formula is C16H20N2O2. The summed E-state index contributed by atoms with van der Waals surface area (Å²) in [5.74, 6) is 0.0794. The SMILES string of the molecule is CC1(C)CC(=O)[C@@H]2[C@H](C1)NC(=O)N[C@H]2c1ccccc1. The summed E-state index contributed by atoms with van der Waals surface area (Å²) in [4.78, 5) is 24.4. The second kappa shape index (κ2) is 4.62. The monoisotopic (exact) mass is 272 g/mol. The Balaban J connectivity index is 1.95. The molecule has 106 valence electrons. The number of Topliss-reactive ketones (excluding diaryl/α,β-unsaturated/α-hetero) is 1. The molecule has 3 rings (SSSR count). The Hall–Kier alpha value is -1.84. The normalized spacial score (nSPS) is 32.0. The van der Waals surface area contributed by atoms with E-state index in [4.69, 9.17) is 0 Å². The van der Waals surface area contributed by atoms with Crippen LogP contribution < -0.4 is 10.6 Å². The van der Waals surface area contributed by atoms with E-state index >= 15 is 0 Å². The molecule has 1 aliphatic carbocycles. The van der Waals surface area contributed by atoms with Crippen LogP contribution in [-0.4, -0.2) is 17.9 Å². The maximum absolute atomic E-state index is 12.5. The highest BCUT2D eigenvalue weighted by atomic mass is 16.2. The average Bonchev–Trinajstić information content (AvgIpc) is 2.36. The van der Waals surface area contributed by atoms with Crippen LogP contribution in [0, 0.1) is 11.3 Å². The molecule has 0 unspecified atom stereocenters. The zero-order valence-electron chi connectivity index (χ0n) is 11.8. The third-order valence-electron chi connectivity index (χ3n) is 4.35. The molecule has 1 heterocycles. The number of hydrogen-bond acceptors (Lipinski definition) is 2. The van der Waals surface area contributed by atoms with E-state index in [2.05, 4.69) is 24.5 Å². The van der Waals surface area contributed by atoms with Crippen LogP contribution in [0.1, 0.15) is 38.3 Å². The van der Waals surface area contributed by atoms with Crippen molar-refractivity contribution >= 4 is 11.8 Å². The first-order valence-corrected chi connectivity index (χ1v) is 7.11. The molecule has 2 N–H and O–H groups in total. The van der Waals surface area contributed by atoms with Gasteiger partial charge in [-0.05, 0) is 17.4 Å². The van der Waals surface area contributed by atoms with Crippen molar-refractivity contribution in [2.24, 2.45) is 11.3 Å². The Bertz CT molecular complexity index is 539. The maximum atomic E-state index is 12.5. The smallest absolute Gasteiger partial charge is 0.315 e. The highest BCUT2D eigenvalue weighted by Gasteiger charge is 2.48. The van der Waals surface area contributed by atoms with Gasteiger partial charge >= 0.3 is 6.03 Å². The van der Waals surface area contributed by atoms with Crippen LogP contribution in [0.2, 0.25) is 0 Å². The molecule has 1 saturated heterocycles. The number of fused-ring (bicyclic) bond motifs is 1. The molecule has 4 nitrogen and oxygen atoms in total. The van der Waals surface area contributed by atoms with Crippen LogP contribution in [0.3, 0.4) is 0 Å². The molecule has 3 atom stereocenters. The standard InChI is InChI=1S/C16H20N2O2/c1-16(2)8-11-13(12(19)9-16)14(18-15(20)17-11)10-6-4-3-5-7-10/h3-7,11,13-14H,8-9H2,1-2H3,(H2,17,18,20)/t11-,13-,14-/m0/s1. The van der Waals surface area contributed by atoms with Gasteiger partial charge in [-0.2, -0.15) is 0 Å². The van der Waals surface area contributed by atoms with E-state index in [0.29, 0.717) is 6.42 Å². The van der Waals surface area contributed by atoms with Crippen molar-refractivity contribution < 1.29 is 9.59 Å². The van der Waals surface area contributed by atoms with Crippen molar-refractivity contribution in [3.63, 3.8) is 0 Å². The number of carbonyl (C=O) groups is 2. The minimum absolute atomic E-state index is 0.0376. The summed E-state index contributed by atoms with van der Waals surface area (Å²) in [6.45, 7) is 4.18. The quantitative estimate of drug-likeness (QED) is 0.825. The minimum atomic E-state index is -0.210. The fraction of sp³-hybridized carbons (Fsp3) is 0.500. The molecule has 0 spiro atoms. The van der Waals surface area contributed by atoms with Gasteiger partial charge in [0.05, 0.1) is 12.0 Å². The van der Waals surface area contributed by atoms with Gasteiger partial charge in [0.25, 0.3) is 0 Å². The van der Waals surface area contributed by atoms with Crippen LogP contribution in [0.25, 0.3) is 0 Å². The van der Waals surface area contributed by atoms with Crippen molar-refractivity contribution in [1.82, 2.24) is 10.6 Å². The highest BCUT2D eigenvalue weighted by Crippen LogP contribution is 2.42. The van der Waals surface area contributed by atoms with Crippen molar-refractivity contribution in [3.8, 4) is 0 Å². The molecule has 1 aromatic rings. The highest BCUT2D eigenvalue weighted by molar-refractivity contribution is 5.88. The topological polar surface area (TPSA) is 58.2 Å². The van der Waals surface area contributed by atoms with E-state index < -0.39 is 0 Å². The molecule has 1 aromatic carbocycles. The summed E-state index contributed by atoms with van der Waals surface area (Å²) in [6, 6.07) is 9.32. The fourth-order valence-corrected chi connectivity index (χ4v) is 3.56. The Labute approximate surface area is 118 Å². The first-order valence-electron chi connectivity index (χ1n) is 7.11. The summed E-state index contributed by atoms with van der Waals surface area (Å²) >= 11 is 0. The van der Waals surface area contributed by atoms with Crippen molar-refractivity contribution in [2.75, 3.05) is 0 Å². The van der Waals surface area contributed by atoms with E-state index in [-0.39, 0.29) is 35.2 Å². The molecule has 4 heteroatoms. The number of amides is 2. The third-order valence-corrected chi connectivity index (χ3v) is 4.35. The average molecular weight is 272 g/mol. The Morgan fingerprint density at radius 3 is 2.50 bits per heavy atom. The van der Waals surface area contributed by atoms with Crippen LogP contribution in [0.5, 0.6) is 0 Å². The van der Waals surface area contributed by atoms with Crippen LogP contribution >= 0.6 is 0 Å². The summed E-state index contributed by atoms with van der Waals surface area (Å²) in [7, 11) is 0. The van der Waals surface area contributed by atoms with E-state index in [0.717, 1.165) is 12.0 Å². The van der Waals surface area contributed by atoms with E-state index in [9.17, 15) is 9.59 Å². The van der Waals surface area contributed by atoms with Gasteiger partial charge in [0.15, 0.2) is 0 Å². The lowest BCUT2D eigenvalue weighted by molar-refractivity contribution is -0.130. The third kappa shape index (κ3) is 2.30. The van der Waals surface area contributed by atoms with Gasteiger partial charge in [0, 0.05) is 12.5 Å². The summed E-state index contributed by atoms with van der Waals surface area (Å²) < 4.78 is 0. The van der Waals surface area contributed by atoms with Gasteiger partial charge in [-0.3, -0.25) is 4.79 Å². The molecular weight excluding hydrogens is 252 g/mol. The van der Waals surface area contributed by atoms with E-state index in [1.807, 2.05) is 30.3 Å². The van der Waals surface area contributed by atoms with Crippen molar-refractivity contribution in [2.45, 2.75) is 38.8 Å². The minimum Gasteiger partial charge on any atom is -0.335 e. The number of ketones is 1. The van der Waals surface area contributed by atoms with Gasteiger partial charge in [-0.25, -0.2) is 4.79 Å². The molecule has 0 aromatic heterocycles. The predicted octanol–water partition coefficient (Wildman–Crippen LogP) is 2.41. The van der Waals surface area contributed by atoms with Crippen molar-refractivity contribution in [1.29, 1.82) is 0 Å². The molecule has 2 fully saturated rings. The van der Waals surface area contributed by atoms with Gasteiger partial charge in [-0.1, -0.05) is 44.2 Å². The zero-order valence-corrected chi connectivity index (χ0v) is 11.8. The second-order valence-corrected chi connectivity index (χ2v) is 6.65. The molecule has 2 aliphatic rings. The molecule has 20 heavy (non-hydrogen) atoms. The Kier molecular flexibility index (Phi) is 3.04. The Morgan fingerprint density at radius 1 is 1.10 bits per heavy atom. The number of hydrogen-bond donors (Lipinski definition) is 2. The van der Waals surface area contributed by atoms with Crippen molar-refractivity contribution in [3.05, 3.63) is 35.9 Å². The van der Waals surface area contributed by atoms with Gasteiger partial charge in [0.2, 0.25) is 0 Å². The molecule has 1 saturated carbocycles. The predicted molar refractivity (Wildman–Crippen MR) is 76.2 cm³/mol. The van der Waals surface area contributed by atoms with Gasteiger partial charge in [-0.15, -0.1) is 0 Å². The lowest BCUT2D eigenvalue weighted by Gasteiger charge is -2.46. The summed E-state index contributed by atoms with van der Waals surface area (Å²) in [5.41, 5.74) is 0.967. The van der Waals surface area contributed by atoms with E-state index in [1.54, 1.807) is 0 Å². The second-order valence-electron chi connectivity index (χ2n) is 6.65. The van der Waals surface area contributed by atoms with E-state index in [1.165, 1.54) is 0 Å². The lowest BCUT2D eigenvalue weighted by Crippen LogP contribution is -2.61. The summed E-state index contributed by atoms with van der Waals surface area (Å²) in [5, 5.41) is 5.85. The molecule has 0 bridgehead atoms. The number of rotatable bonds is 1.